The molecule has 3 aliphatic heterocycles. The fourth-order valence-corrected chi connectivity index (χ4v) is 2.59. The second-order valence-corrected chi connectivity index (χ2v) is 4.64. The zero-order chi connectivity index (χ0) is 12.2. The summed E-state index contributed by atoms with van der Waals surface area (Å²) in [6.45, 7) is 4.81. The van der Waals surface area contributed by atoms with E-state index in [1.165, 1.54) is 0 Å². The van der Waals surface area contributed by atoms with Crippen molar-refractivity contribution in [2.24, 2.45) is 0 Å². The second-order valence-electron chi connectivity index (χ2n) is 4.64. The van der Waals surface area contributed by atoms with Crippen molar-refractivity contribution in [2.45, 2.75) is 24.4 Å². The van der Waals surface area contributed by atoms with Crippen molar-refractivity contribution in [2.75, 3.05) is 52.9 Å². The molecule has 6 nitrogen and oxygen atoms in total. The smallest absolute Gasteiger partial charge is 0.115 e. The van der Waals surface area contributed by atoms with Crippen LogP contribution in [0.4, 0.5) is 0 Å². The summed E-state index contributed by atoms with van der Waals surface area (Å²) in [5.41, 5.74) is 0. The first kappa shape index (κ1) is 12.8. The average Bonchev–Trinajstić information content (AvgIpc) is 2.49. The summed E-state index contributed by atoms with van der Waals surface area (Å²) in [7, 11) is 0. The van der Waals surface area contributed by atoms with E-state index in [0.29, 0.717) is 52.9 Å². The molecule has 0 amide bonds. The molecule has 0 spiro atoms. The first-order chi connectivity index (χ1) is 8.95. The molecular formula is C12H20O6. The Balaban J connectivity index is 1.64. The largest absolute Gasteiger partial charge is 0.376 e. The molecular weight excluding hydrogens is 240 g/mol. The van der Waals surface area contributed by atoms with Crippen LogP contribution in [0.5, 0.6) is 0 Å². The molecule has 18 heavy (non-hydrogen) atoms. The van der Waals surface area contributed by atoms with Crippen LogP contribution in [-0.4, -0.2) is 77.3 Å². The summed E-state index contributed by atoms with van der Waals surface area (Å²) in [5.74, 6) is 0. The van der Waals surface area contributed by atoms with Crippen molar-refractivity contribution in [3.8, 4) is 0 Å². The summed E-state index contributed by atoms with van der Waals surface area (Å²) in [6.07, 6.45) is -0.416. The van der Waals surface area contributed by atoms with Crippen molar-refractivity contribution in [3.05, 3.63) is 0 Å². The molecule has 0 aromatic rings. The van der Waals surface area contributed by atoms with E-state index in [9.17, 15) is 0 Å². The van der Waals surface area contributed by atoms with Crippen LogP contribution in [0.25, 0.3) is 0 Å². The van der Waals surface area contributed by atoms with Gasteiger partial charge in [0.2, 0.25) is 0 Å². The Morgan fingerprint density at radius 2 is 0.944 bits per heavy atom. The summed E-state index contributed by atoms with van der Waals surface area (Å²) < 4.78 is 33.9. The zero-order valence-electron chi connectivity index (χ0n) is 10.4. The standard InChI is InChI=1S/C12H20O6/c1-3-15-9(7-13-1)11-12(18-6-5-17-11)10-8-14-2-4-16-10/h9-12H,1-8H2. The zero-order valence-corrected chi connectivity index (χ0v) is 10.4. The van der Waals surface area contributed by atoms with Gasteiger partial charge < -0.3 is 28.4 Å². The van der Waals surface area contributed by atoms with E-state index >= 15 is 0 Å². The Morgan fingerprint density at radius 1 is 0.500 bits per heavy atom. The molecule has 3 rings (SSSR count). The van der Waals surface area contributed by atoms with Crippen LogP contribution in [0.2, 0.25) is 0 Å². The van der Waals surface area contributed by atoms with Gasteiger partial charge in [0.05, 0.1) is 52.9 Å². The lowest BCUT2D eigenvalue weighted by Gasteiger charge is -2.42. The Bertz CT molecular complexity index is 223. The molecule has 3 saturated heterocycles. The highest BCUT2D eigenvalue weighted by Gasteiger charge is 2.41. The van der Waals surface area contributed by atoms with Crippen LogP contribution < -0.4 is 0 Å². The fraction of sp³-hybridized carbons (Fsp3) is 1.00. The Kier molecular flexibility index (Phi) is 4.45. The number of hydrogen-bond donors (Lipinski definition) is 0. The maximum absolute atomic E-state index is 5.82. The number of rotatable bonds is 2. The van der Waals surface area contributed by atoms with Gasteiger partial charge in [-0.25, -0.2) is 0 Å². The van der Waals surface area contributed by atoms with Gasteiger partial charge in [0.25, 0.3) is 0 Å². The SMILES string of the molecule is C1COC(C2OCCOC2C2COCCO2)CO1. The van der Waals surface area contributed by atoms with E-state index in [0.717, 1.165) is 0 Å². The van der Waals surface area contributed by atoms with Gasteiger partial charge in [-0.1, -0.05) is 0 Å². The van der Waals surface area contributed by atoms with E-state index < -0.39 is 0 Å². The van der Waals surface area contributed by atoms with Gasteiger partial charge in [0.15, 0.2) is 0 Å². The third kappa shape index (κ3) is 2.84. The number of hydrogen-bond acceptors (Lipinski definition) is 6. The average molecular weight is 260 g/mol. The molecule has 6 heteroatoms. The van der Waals surface area contributed by atoms with Crippen LogP contribution >= 0.6 is 0 Å². The topological polar surface area (TPSA) is 55.4 Å². The van der Waals surface area contributed by atoms with Gasteiger partial charge >= 0.3 is 0 Å². The summed E-state index contributed by atoms with van der Waals surface area (Å²) in [5, 5.41) is 0. The van der Waals surface area contributed by atoms with Crippen molar-refractivity contribution >= 4 is 0 Å². The molecule has 0 bridgehead atoms. The quantitative estimate of drug-likeness (QED) is 0.673. The highest BCUT2D eigenvalue weighted by atomic mass is 16.6. The number of ether oxygens (including phenoxy) is 6. The molecule has 4 unspecified atom stereocenters. The molecule has 0 aliphatic carbocycles. The monoisotopic (exact) mass is 260 g/mol. The summed E-state index contributed by atoms with van der Waals surface area (Å²) >= 11 is 0. The lowest BCUT2D eigenvalue weighted by Crippen LogP contribution is -2.57. The third-order valence-corrected chi connectivity index (χ3v) is 3.44. The van der Waals surface area contributed by atoms with Crippen LogP contribution in [0.3, 0.4) is 0 Å². The van der Waals surface area contributed by atoms with E-state index in [2.05, 4.69) is 0 Å². The lowest BCUT2D eigenvalue weighted by atomic mass is 10.0. The van der Waals surface area contributed by atoms with Gasteiger partial charge in [-0.2, -0.15) is 0 Å². The maximum atomic E-state index is 5.82. The van der Waals surface area contributed by atoms with Crippen molar-refractivity contribution in [1.82, 2.24) is 0 Å². The van der Waals surface area contributed by atoms with Gasteiger partial charge in [-0.3, -0.25) is 0 Å². The van der Waals surface area contributed by atoms with Crippen molar-refractivity contribution in [3.63, 3.8) is 0 Å². The van der Waals surface area contributed by atoms with Crippen LogP contribution in [0.15, 0.2) is 0 Å². The molecule has 0 radical (unpaired) electrons. The Labute approximate surface area is 106 Å². The highest BCUT2D eigenvalue weighted by Crippen LogP contribution is 2.23. The van der Waals surface area contributed by atoms with E-state index in [1.54, 1.807) is 0 Å². The normalized spacial score (nSPS) is 42.7. The van der Waals surface area contributed by atoms with E-state index in [4.69, 9.17) is 28.4 Å². The second kappa shape index (κ2) is 6.27. The first-order valence-corrected chi connectivity index (χ1v) is 6.57. The van der Waals surface area contributed by atoms with Gasteiger partial charge in [0.1, 0.15) is 24.4 Å². The molecule has 104 valence electrons. The van der Waals surface area contributed by atoms with Crippen molar-refractivity contribution < 1.29 is 28.4 Å². The van der Waals surface area contributed by atoms with Crippen LogP contribution in [0, 0.1) is 0 Å². The highest BCUT2D eigenvalue weighted by molar-refractivity contribution is 4.89. The first-order valence-electron chi connectivity index (χ1n) is 6.57. The molecule has 0 saturated carbocycles. The Morgan fingerprint density at radius 3 is 1.33 bits per heavy atom. The fourth-order valence-electron chi connectivity index (χ4n) is 2.59. The molecule has 3 aliphatic rings. The Hall–Kier alpha value is -0.240. The van der Waals surface area contributed by atoms with Gasteiger partial charge in [0, 0.05) is 0 Å². The minimum absolute atomic E-state index is 0.0745. The van der Waals surface area contributed by atoms with E-state index in [-0.39, 0.29) is 24.4 Å². The third-order valence-electron chi connectivity index (χ3n) is 3.44. The minimum atomic E-state index is -0.134. The van der Waals surface area contributed by atoms with Gasteiger partial charge in [-0.05, 0) is 0 Å². The molecule has 4 atom stereocenters. The molecule has 0 N–H and O–H groups in total. The van der Waals surface area contributed by atoms with Crippen molar-refractivity contribution in [1.29, 1.82) is 0 Å². The predicted molar refractivity (Wildman–Crippen MR) is 60.6 cm³/mol. The van der Waals surface area contributed by atoms with Gasteiger partial charge in [-0.15, -0.1) is 0 Å². The predicted octanol–water partition coefficient (Wildman–Crippen LogP) is -0.399. The lowest BCUT2D eigenvalue weighted by molar-refractivity contribution is -0.251. The maximum Gasteiger partial charge on any atom is 0.115 e. The summed E-state index contributed by atoms with van der Waals surface area (Å²) in [6, 6.07) is 0. The molecule has 0 aromatic carbocycles. The minimum Gasteiger partial charge on any atom is -0.376 e. The molecule has 3 heterocycles. The summed E-state index contributed by atoms with van der Waals surface area (Å²) in [4.78, 5) is 0. The van der Waals surface area contributed by atoms with Crippen LogP contribution in [0.1, 0.15) is 0 Å². The van der Waals surface area contributed by atoms with Crippen LogP contribution in [-0.2, 0) is 28.4 Å². The van der Waals surface area contributed by atoms with E-state index in [1.807, 2.05) is 0 Å². The molecule has 0 aromatic heterocycles. The molecule has 3 fully saturated rings.